The lowest BCUT2D eigenvalue weighted by Gasteiger charge is -2.20. The Bertz CT molecular complexity index is 611. The fourth-order valence-corrected chi connectivity index (χ4v) is 4.02. The largest absolute Gasteiger partial charge is 0.461 e. The highest BCUT2D eigenvalue weighted by Gasteiger charge is 2.16. The van der Waals surface area contributed by atoms with Crippen molar-refractivity contribution >= 4 is 45.2 Å². The fourth-order valence-electron chi connectivity index (χ4n) is 2.17. The Labute approximate surface area is 159 Å². The van der Waals surface area contributed by atoms with Gasteiger partial charge in [-0.3, -0.25) is 0 Å². The molecule has 2 aromatic rings. The van der Waals surface area contributed by atoms with E-state index in [0.29, 0.717) is 5.92 Å². The van der Waals surface area contributed by atoms with Crippen molar-refractivity contribution in [3.63, 3.8) is 0 Å². The van der Waals surface area contributed by atoms with Crippen molar-refractivity contribution in [1.82, 2.24) is 0 Å². The van der Waals surface area contributed by atoms with Crippen molar-refractivity contribution in [3.8, 4) is 5.75 Å². The molecule has 0 saturated heterocycles. The fraction of sp³-hybridized carbons (Fsp3) is 0.333. The molecule has 2 unspecified atom stereocenters. The van der Waals surface area contributed by atoms with E-state index < -0.39 is 6.29 Å². The lowest BCUT2D eigenvalue weighted by Crippen LogP contribution is -2.11. The van der Waals surface area contributed by atoms with Crippen molar-refractivity contribution in [2.24, 2.45) is 0 Å². The lowest BCUT2D eigenvalue weighted by molar-refractivity contribution is -0.0568. The van der Waals surface area contributed by atoms with Gasteiger partial charge < -0.3 is 9.47 Å². The third-order valence-electron chi connectivity index (χ3n) is 3.74. The lowest BCUT2D eigenvalue weighted by atomic mass is 9.99. The molecule has 0 amide bonds. The first kappa shape index (κ1) is 18.0. The van der Waals surface area contributed by atoms with E-state index in [1.807, 2.05) is 12.1 Å². The molecule has 0 spiro atoms. The maximum atomic E-state index is 6.01. The summed E-state index contributed by atoms with van der Waals surface area (Å²) in [7, 11) is 1.67. The van der Waals surface area contributed by atoms with Crippen LogP contribution < -0.4 is 4.74 Å². The smallest absolute Gasteiger partial charge is 0.227 e. The van der Waals surface area contributed by atoms with Gasteiger partial charge in [0, 0.05) is 19.8 Å². The standard InChI is InChI=1S/C18H20I2O2/c1-4-12(2)13-5-8-15(9-6-13)22-18(21-3)16-10-7-14(19)11-17(16)20/h5-12,18H,4H2,1-3H3. The monoisotopic (exact) mass is 522 g/mol. The minimum Gasteiger partial charge on any atom is -0.461 e. The summed E-state index contributed by atoms with van der Waals surface area (Å²) in [6, 6.07) is 14.6. The minimum absolute atomic E-state index is 0.390. The summed E-state index contributed by atoms with van der Waals surface area (Å²) in [5.41, 5.74) is 2.39. The van der Waals surface area contributed by atoms with Gasteiger partial charge in [-0.25, -0.2) is 0 Å². The summed E-state index contributed by atoms with van der Waals surface area (Å²) in [5.74, 6) is 1.40. The zero-order valence-corrected chi connectivity index (χ0v) is 17.3. The van der Waals surface area contributed by atoms with Crippen LogP contribution in [0.5, 0.6) is 5.75 Å². The number of hydrogen-bond donors (Lipinski definition) is 0. The Balaban J connectivity index is 2.16. The first-order chi connectivity index (χ1) is 10.5. The van der Waals surface area contributed by atoms with Crippen LogP contribution >= 0.6 is 45.2 Å². The number of ether oxygens (including phenoxy) is 2. The predicted molar refractivity (Wildman–Crippen MR) is 107 cm³/mol. The van der Waals surface area contributed by atoms with E-state index in [0.717, 1.165) is 21.3 Å². The molecule has 2 rings (SSSR count). The molecule has 0 aromatic heterocycles. The van der Waals surface area contributed by atoms with Gasteiger partial charge in [-0.2, -0.15) is 0 Å². The van der Waals surface area contributed by atoms with Gasteiger partial charge in [0.1, 0.15) is 5.75 Å². The molecule has 0 aliphatic rings. The number of hydrogen-bond acceptors (Lipinski definition) is 2. The molecule has 0 aliphatic carbocycles. The summed E-state index contributed by atoms with van der Waals surface area (Å²) < 4.78 is 13.9. The molecular formula is C18H20I2O2. The first-order valence-electron chi connectivity index (χ1n) is 7.29. The Hall–Kier alpha value is -0.340. The Morgan fingerprint density at radius 1 is 1.05 bits per heavy atom. The van der Waals surface area contributed by atoms with E-state index >= 15 is 0 Å². The Kier molecular flexibility index (Phi) is 6.95. The number of halogens is 2. The second-order valence-corrected chi connectivity index (χ2v) is 7.64. The van der Waals surface area contributed by atoms with Crippen LogP contribution in [0.15, 0.2) is 42.5 Å². The molecule has 0 fully saturated rings. The minimum atomic E-state index is -0.390. The molecule has 22 heavy (non-hydrogen) atoms. The van der Waals surface area contributed by atoms with Gasteiger partial charge in [-0.15, -0.1) is 0 Å². The third-order valence-corrected chi connectivity index (χ3v) is 5.34. The summed E-state index contributed by atoms with van der Waals surface area (Å²) in [4.78, 5) is 0. The molecule has 0 N–H and O–H groups in total. The zero-order chi connectivity index (χ0) is 16.1. The van der Waals surface area contributed by atoms with Gasteiger partial charge in [0.15, 0.2) is 0 Å². The van der Waals surface area contributed by atoms with Gasteiger partial charge in [0.25, 0.3) is 0 Å². The van der Waals surface area contributed by atoms with Gasteiger partial charge >= 0.3 is 0 Å². The van der Waals surface area contributed by atoms with Crippen LogP contribution in [0.3, 0.4) is 0 Å². The maximum Gasteiger partial charge on any atom is 0.227 e. The normalized spacial score (nSPS) is 13.7. The maximum absolute atomic E-state index is 6.01. The average molecular weight is 522 g/mol. The van der Waals surface area contributed by atoms with Crippen LogP contribution in [0, 0.1) is 7.14 Å². The van der Waals surface area contributed by atoms with Gasteiger partial charge in [-0.1, -0.05) is 32.0 Å². The molecule has 0 saturated carbocycles. The van der Waals surface area contributed by atoms with Gasteiger partial charge in [-0.05, 0) is 87.3 Å². The third kappa shape index (κ3) is 4.58. The van der Waals surface area contributed by atoms with Crippen LogP contribution in [0.4, 0.5) is 0 Å². The van der Waals surface area contributed by atoms with Crippen LogP contribution in [-0.4, -0.2) is 7.11 Å². The Morgan fingerprint density at radius 3 is 2.27 bits per heavy atom. The molecule has 2 nitrogen and oxygen atoms in total. The molecular weight excluding hydrogens is 502 g/mol. The second kappa shape index (κ2) is 8.49. The van der Waals surface area contributed by atoms with E-state index in [2.05, 4.69) is 89.4 Å². The molecule has 0 radical (unpaired) electrons. The van der Waals surface area contributed by atoms with Gasteiger partial charge in [0.05, 0.1) is 0 Å². The average Bonchev–Trinajstić information content (AvgIpc) is 2.53. The molecule has 118 valence electrons. The SMILES string of the molecule is CCC(C)c1ccc(OC(OC)c2ccc(I)cc2I)cc1. The van der Waals surface area contributed by atoms with Gasteiger partial charge in [0.2, 0.25) is 6.29 Å². The number of benzene rings is 2. The van der Waals surface area contributed by atoms with Crippen LogP contribution in [0.2, 0.25) is 0 Å². The highest BCUT2D eigenvalue weighted by Crippen LogP contribution is 2.28. The second-order valence-electron chi connectivity index (χ2n) is 5.23. The summed E-state index contributed by atoms with van der Waals surface area (Å²) in [5, 5.41) is 0. The van der Waals surface area contributed by atoms with Crippen LogP contribution in [0.1, 0.15) is 43.6 Å². The summed E-state index contributed by atoms with van der Waals surface area (Å²) in [6.07, 6.45) is 0.750. The number of methoxy groups -OCH3 is 1. The van der Waals surface area contributed by atoms with Crippen molar-refractivity contribution in [1.29, 1.82) is 0 Å². The molecule has 0 aliphatic heterocycles. The van der Waals surface area contributed by atoms with Crippen molar-refractivity contribution in [2.45, 2.75) is 32.5 Å². The summed E-state index contributed by atoms with van der Waals surface area (Å²) in [6.45, 7) is 4.44. The topological polar surface area (TPSA) is 18.5 Å². The molecule has 0 bridgehead atoms. The summed E-state index contributed by atoms with van der Waals surface area (Å²) >= 11 is 4.63. The van der Waals surface area contributed by atoms with E-state index in [1.54, 1.807) is 7.11 Å². The van der Waals surface area contributed by atoms with E-state index in [-0.39, 0.29) is 0 Å². The quantitative estimate of drug-likeness (QED) is 0.336. The van der Waals surface area contributed by atoms with E-state index in [4.69, 9.17) is 9.47 Å². The highest BCUT2D eigenvalue weighted by atomic mass is 127. The number of rotatable bonds is 6. The van der Waals surface area contributed by atoms with E-state index in [9.17, 15) is 0 Å². The van der Waals surface area contributed by atoms with Crippen molar-refractivity contribution < 1.29 is 9.47 Å². The van der Waals surface area contributed by atoms with Crippen molar-refractivity contribution in [3.05, 3.63) is 60.7 Å². The molecule has 2 aromatic carbocycles. The molecule has 0 heterocycles. The highest BCUT2D eigenvalue weighted by molar-refractivity contribution is 14.1. The Morgan fingerprint density at radius 2 is 1.73 bits per heavy atom. The zero-order valence-electron chi connectivity index (χ0n) is 13.0. The van der Waals surface area contributed by atoms with Crippen LogP contribution in [-0.2, 0) is 4.74 Å². The molecule has 2 atom stereocenters. The predicted octanol–water partition coefficient (Wildman–Crippen LogP) is 6.13. The molecule has 4 heteroatoms. The van der Waals surface area contributed by atoms with Crippen molar-refractivity contribution in [2.75, 3.05) is 7.11 Å². The van der Waals surface area contributed by atoms with Crippen LogP contribution in [0.25, 0.3) is 0 Å². The first-order valence-corrected chi connectivity index (χ1v) is 9.45. The van der Waals surface area contributed by atoms with E-state index in [1.165, 1.54) is 9.13 Å².